The number of aromatic nitrogens is 4. The Morgan fingerprint density at radius 2 is 1.49 bits per heavy atom. The van der Waals surface area contributed by atoms with Gasteiger partial charge in [-0.05, 0) is 65.7 Å². The van der Waals surface area contributed by atoms with E-state index in [2.05, 4.69) is 137 Å². The van der Waals surface area contributed by atoms with Crippen LogP contribution in [0.3, 0.4) is 0 Å². The third-order valence-corrected chi connectivity index (χ3v) is 8.86. The Hall–Kier alpha value is -4.87. The standard InChI is InChI=1S/C41H40N6O.Pt/c1-26(2)29-18-19-42-38(21-29)47-36-15-10-9-14-34(36)35-17-16-33(23-37(35)47)48-32-13-11-12-31(22-32)46-25-30(24-43-46)39-40(44(5)6)27(3)20-28(4)41(39)45(7)8;/h9-21,24-26H,1-8H3;/q-2;+2. The van der Waals surface area contributed by atoms with Crippen LogP contribution in [-0.4, -0.2) is 47.5 Å². The van der Waals surface area contributed by atoms with Gasteiger partial charge in [0.2, 0.25) is 0 Å². The first-order valence-electron chi connectivity index (χ1n) is 16.3. The van der Waals surface area contributed by atoms with Crippen LogP contribution in [0.2, 0.25) is 0 Å². The summed E-state index contributed by atoms with van der Waals surface area (Å²) in [5, 5.41) is 7.02. The first kappa shape index (κ1) is 34.0. The quantitative estimate of drug-likeness (QED) is 0.143. The van der Waals surface area contributed by atoms with E-state index in [1.807, 2.05) is 41.3 Å². The van der Waals surface area contributed by atoms with E-state index in [9.17, 15) is 0 Å². The minimum Gasteiger partial charge on any atom is -0.509 e. The summed E-state index contributed by atoms with van der Waals surface area (Å²) < 4.78 is 10.5. The zero-order valence-electron chi connectivity index (χ0n) is 29.1. The van der Waals surface area contributed by atoms with Gasteiger partial charge in [-0.15, -0.1) is 35.7 Å². The molecule has 0 saturated heterocycles. The molecule has 0 radical (unpaired) electrons. The largest absolute Gasteiger partial charge is 2.00 e. The van der Waals surface area contributed by atoms with Gasteiger partial charge in [0, 0.05) is 80.1 Å². The van der Waals surface area contributed by atoms with Crippen molar-refractivity contribution in [3.63, 3.8) is 0 Å². The summed E-state index contributed by atoms with van der Waals surface area (Å²) in [5.41, 5.74) is 11.0. The molecule has 49 heavy (non-hydrogen) atoms. The number of ether oxygens (including phenoxy) is 1. The van der Waals surface area contributed by atoms with Crippen molar-refractivity contribution in [1.29, 1.82) is 0 Å². The fraction of sp³-hybridized carbons (Fsp3) is 0.220. The third-order valence-electron chi connectivity index (χ3n) is 8.86. The Balaban J connectivity index is 0.00000417. The van der Waals surface area contributed by atoms with Gasteiger partial charge in [0.05, 0.1) is 6.20 Å². The average Bonchev–Trinajstić information content (AvgIpc) is 3.67. The van der Waals surface area contributed by atoms with Gasteiger partial charge in [0.25, 0.3) is 0 Å². The number of benzene rings is 4. The molecule has 250 valence electrons. The molecule has 0 saturated carbocycles. The second-order valence-corrected chi connectivity index (χ2v) is 13.1. The van der Waals surface area contributed by atoms with E-state index in [0.717, 1.165) is 44.4 Å². The number of pyridine rings is 1. The van der Waals surface area contributed by atoms with Gasteiger partial charge in [-0.3, -0.25) is 4.68 Å². The normalized spacial score (nSPS) is 11.3. The van der Waals surface area contributed by atoms with Crippen molar-refractivity contribution in [1.82, 2.24) is 19.3 Å². The second kappa shape index (κ2) is 13.6. The summed E-state index contributed by atoms with van der Waals surface area (Å²) in [6.07, 6.45) is 5.88. The first-order valence-corrected chi connectivity index (χ1v) is 16.3. The molecule has 3 heterocycles. The molecule has 0 bridgehead atoms. The predicted octanol–water partition coefficient (Wildman–Crippen LogP) is 9.29. The number of hydrogen-bond donors (Lipinski definition) is 0. The fourth-order valence-electron chi connectivity index (χ4n) is 6.81. The van der Waals surface area contributed by atoms with E-state index in [1.54, 1.807) is 0 Å². The molecule has 8 heteroatoms. The molecule has 0 aliphatic rings. The van der Waals surface area contributed by atoms with Gasteiger partial charge in [-0.2, -0.15) is 17.2 Å². The van der Waals surface area contributed by atoms with E-state index in [0.29, 0.717) is 17.4 Å². The van der Waals surface area contributed by atoms with Crippen LogP contribution in [0, 0.1) is 26.0 Å². The van der Waals surface area contributed by atoms with Crippen molar-refractivity contribution in [2.75, 3.05) is 38.0 Å². The number of fused-ring (bicyclic) bond motifs is 3. The van der Waals surface area contributed by atoms with E-state index >= 15 is 0 Å². The van der Waals surface area contributed by atoms with Crippen LogP contribution in [0.4, 0.5) is 11.4 Å². The Labute approximate surface area is 303 Å². The average molecular weight is 828 g/mol. The minimum absolute atomic E-state index is 0. The van der Waals surface area contributed by atoms with Crippen LogP contribution in [0.1, 0.15) is 36.5 Å². The van der Waals surface area contributed by atoms with E-state index in [4.69, 9.17) is 14.8 Å². The van der Waals surface area contributed by atoms with Crippen molar-refractivity contribution < 1.29 is 25.8 Å². The van der Waals surface area contributed by atoms with E-state index in [1.165, 1.54) is 28.1 Å². The summed E-state index contributed by atoms with van der Waals surface area (Å²) >= 11 is 0. The van der Waals surface area contributed by atoms with Crippen LogP contribution in [0.25, 0.3) is 44.4 Å². The number of hydrogen-bond acceptors (Lipinski definition) is 5. The van der Waals surface area contributed by atoms with Crippen LogP contribution < -0.4 is 14.5 Å². The Morgan fingerprint density at radius 1 is 0.776 bits per heavy atom. The van der Waals surface area contributed by atoms with Gasteiger partial charge in [0.1, 0.15) is 5.82 Å². The first-order chi connectivity index (χ1) is 23.1. The van der Waals surface area contributed by atoms with Crippen molar-refractivity contribution >= 4 is 33.2 Å². The topological polar surface area (TPSA) is 51.4 Å². The number of anilines is 2. The van der Waals surface area contributed by atoms with Crippen LogP contribution in [-0.2, 0) is 21.1 Å². The molecule has 0 spiro atoms. The number of para-hydroxylation sites is 1. The molecule has 0 aliphatic heterocycles. The summed E-state index contributed by atoms with van der Waals surface area (Å²) in [4.78, 5) is 9.13. The van der Waals surface area contributed by atoms with Gasteiger partial charge in [-0.25, -0.2) is 4.98 Å². The molecule has 0 aliphatic carbocycles. The zero-order chi connectivity index (χ0) is 33.7. The van der Waals surface area contributed by atoms with Gasteiger partial charge < -0.3 is 19.1 Å². The Bertz CT molecular complexity index is 2270. The summed E-state index contributed by atoms with van der Waals surface area (Å²) in [6.45, 7) is 8.72. The van der Waals surface area contributed by atoms with Crippen molar-refractivity contribution in [3.8, 4) is 34.1 Å². The number of aryl methyl sites for hydroxylation is 2. The molecular formula is C41H40N6OPt. The molecule has 3 aromatic heterocycles. The molecule has 0 N–H and O–H groups in total. The summed E-state index contributed by atoms with van der Waals surface area (Å²) in [7, 11) is 8.36. The maximum Gasteiger partial charge on any atom is 2.00 e. The smallest absolute Gasteiger partial charge is 0.509 e. The number of nitrogens with zero attached hydrogens (tertiary/aromatic N) is 6. The SMILES string of the molecule is Cc1cc(C)c(N(C)C)c(-c2cnn(-c3[c-]c(Oc4[c-]c5c(cc4)c4ccccc4n5-c4cc(C(C)C)ccn4)ccc3)c2)c1N(C)C.[Pt+2]. The molecule has 7 nitrogen and oxygen atoms in total. The Kier molecular flexibility index (Phi) is 9.41. The monoisotopic (exact) mass is 827 g/mol. The Morgan fingerprint density at radius 3 is 2.20 bits per heavy atom. The van der Waals surface area contributed by atoms with Gasteiger partial charge in [0.15, 0.2) is 0 Å². The van der Waals surface area contributed by atoms with E-state index < -0.39 is 0 Å². The molecule has 7 aromatic rings. The van der Waals surface area contributed by atoms with Crippen LogP contribution in [0.15, 0.2) is 91.4 Å². The second-order valence-electron chi connectivity index (χ2n) is 13.1. The molecule has 0 fully saturated rings. The van der Waals surface area contributed by atoms with E-state index in [-0.39, 0.29) is 21.1 Å². The molecule has 0 unspecified atom stereocenters. The third kappa shape index (κ3) is 6.24. The number of rotatable bonds is 8. The fourth-order valence-corrected chi connectivity index (χ4v) is 6.81. The van der Waals surface area contributed by atoms with Gasteiger partial charge >= 0.3 is 21.1 Å². The van der Waals surface area contributed by atoms with Gasteiger partial charge in [-0.1, -0.05) is 43.6 Å². The minimum atomic E-state index is 0. The summed E-state index contributed by atoms with van der Waals surface area (Å²) in [6, 6.07) is 31.8. The van der Waals surface area contributed by atoms with Crippen LogP contribution in [0.5, 0.6) is 11.5 Å². The molecular weight excluding hydrogens is 788 g/mol. The van der Waals surface area contributed by atoms with Crippen molar-refractivity contribution in [2.24, 2.45) is 0 Å². The molecule has 4 aromatic carbocycles. The van der Waals surface area contributed by atoms with Crippen molar-refractivity contribution in [2.45, 2.75) is 33.6 Å². The van der Waals surface area contributed by atoms with Crippen LogP contribution >= 0.6 is 0 Å². The van der Waals surface area contributed by atoms with Crippen molar-refractivity contribution in [3.05, 3.63) is 120 Å². The zero-order valence-corrected chi connectivity index (χ0v) is 31.4. The maximum atomic E-state index is 6.42. The molecule has 0 amide bonds. The maximum absolute atomic E-state index is 6.42. The predicted molar refractivity (Wildman–Crippen MR) is 198 cm³/mol. The molecule has 0 atom stereocenters. The molecule has 7 rings (SSSR count). The summed E-state index contributed by atoms with van der Waals surface area (Å²) in [5.74, 6) is 2.43.